The molecule has 2 aromatic rings. The zero-order chi connectivity index (χ0) is 14.2. The van der Waals surface area contributed by atoms with Gasteiger partial charge in [0, 0.05) is 17.5 Å². The summed E-state index contributed by atoms with van der Waals surface area (Å²) in [5.41, 5.74) is 4.62. The quantitative estimate of drug-likeness (QED) is 0.668. The SMILES string of the molecule is NNc1cc(-c2ccccc2)nc(C2CC3CCC2O3)n1. The summed E-state index contributed by atoms with van der Waals surface area (Å²) in [6.45, 7) is 0. The lowest BCUT2D eigenvalue weighted by molar-refractivity contribution is 0.0999. The molecule has 108 valence electrons. The number of benzene rings is 1. The Morgan fingerprint density at radius 2 is 2.00 bits per heavy atom. The molecule has 21 heavy (non-hydrogen) atoms. The molecular weight excluding hydrogens is 264 g/mol. The van der Waals surface area contributed by atoms with E-state index in [0.717, 1.165) is 29.9 Å². The highest BCUT2D eigenvalue weighted by atomic mass is 16.5. The summed E-state index contributed by atoms with van der Waals surface area (Å²) in [6, 6.07) is 12.0. The number of fused-ring (bicyclic) bond motifs is 2. The van der Waals surface area contributed by atoms with Crippen LogP contribution in [0.2, 0.25) is 0 Å². The van der Waals surface area contributed by atoms with E-state index >= 15 is 0 Å². The van der Waals surface area contributed by atoms with Crippen molar-refractivity contribution in [3.8, 4) is 11.3 Å². The average Bonchev–Trinajstić information content (AvgIpc) is 3.18. The Balaban J connectivity index is 1.74. The fourth-order valence-corrected chi connectivity index (χ4v) is 3.37. The zero-order valence-corrected chi connectivity index (χ0v) is 11.7. The maximum atomic E-state index is 5.93. The first-order valence-corrected chi connectivity index (χ1v) is 7.40. The molecule has 0 radical (unpaired) electrons. The van der Waals surface area contributed by atoms with Gasteiger partial charge in [-0.3, -0.25) is 0 Å². The first-order chi connectivity index (χ1) is 10.3. The Hall–Kier alpha value is -1.98. The van der Waals surface area contributed by atoms with E-state index in [9.17, 15) is 0 Å². The lowest BCUT2D eigenvalue weighted by Gasteiger charge is -2.18. The molecule has 0 amide bonds. The Bertz CT molecular complexity index is 646. The summed E-state index contributed by atoms with van der Waals surface area (Å²) < 4.78 is 5.93. The smallest absolute Gasteiger partial charge is 0.144 e. The first-order valence-electron chi connectivity index (χ1n) is 7.40. The molecule has 0 spiro atoms. The van der Waals surface area contributed by atoms with Crippen molar-refractivity contribution >= 4 is 5.82 Å². The predicted molar refractivity (Wildman–Crippen MR) is 80.5 cm³/mol. The summed E-state index contributed by atoms with van der Waals surface area (Å²) in [4.78, 5) is 9.32. The van der Waals surface area contributed by atoms with Crippen molar-refractivity contribution in [1.82, 2.24) is 9.97 Å². The molecule has 2 fully saturated rings. The van der Waals surface area contributed by atoms with Gasteiger partial charge in [-0.05, 0) is 19.3 Å². The largest absolute Gasteiger partial charge is 0.374 e. The Morgan fingerprint density at radius 3 is 2.67 bits per heavy atom. The van der Waals surface area contributed by atoms with Crippen molar-refractivity contribution in [1.29, 1.82) is 0 Å². The molecule has 5 heteroatoms. The number of hydrazine groups is 1. The van der Waals surface area contributed by atoms with Crippen molar-refractivity contribution in [2.24, 2.45) is 5.84 Å². The highest BCUT2D eigenvalue weighted by Gasteiger charge is 2.43. The number of ether oxygens (including phenoxy) is 1. The number of nitrogens with zero attached hydrogens (tertiary/aromatic N) is 2. The maximum Gasteiger partial charge on any atom is 0.144 e. The van der Waals surface area contributed by atoms with Crippen LogP contribution in [0.5, 0.6) is 0 Å². The molecule has 1 aromatic heterocycles. The molecule has 0 saturated carbocycles. The summed E-state index contributed by atoms with van der Waals surface area (Å²) >= 11 is 0. The molecular formula is C16H18N4O. The number of hydrogen-bond donors (Lipinski definition) is 2. The predicted octanol–water partition coefficient (Wildman–Crippen LogP) is 2.46. The first kappa shape index (κ1) is 12.7. The van der Waals surface area contributed by atoms with Crippen LogP contribution in [0.25, 0.3) is 11.3 Å². The second-order valence-corrected chi connectivity index (χ2v) is 5.72. The minimum Gasteiger partial charge on any atom is -0.374 e. The van der Waals surface area contributed by atoms with E-state index in [1.807, 2.05) is 36.4 Å². The van der Waals surface area contributed by atoms with Crippen LogP contribution < -0.4 is 11.3 Å². The number of nitrogens with one attached hydrogen (secondary N) is 1. The average molecular weight is 282 g/mol. The highest BCUT2D eigenvalue weighted by Crippen LogP contribution is 2.43. The van der Waals surface area contributed by atoms with Gasteiger partial charge in [-0.15, -0.1) is 0 Å². The third kappa shape index (κ3) is 2.28. The van der Waals surface area contributed by atoms with Gasteiger partial charge in [0.05, 0.1) is 17.9 Å². The molecule has 2 aliphatic rings. The van der Waals surface area contributed by atoms with Crippen LogP contribution >= 0.6 is 0 Å². The van der Waals surface area contributed by atoms with Gasteiger partial charge in [-0.25, -0.2) is 15.8 Å². The molecule has 1 aromatic carbocycles. The normalized spacial score (nSPS) is 27.0. The van der Waals surface area contributed by atoms with Crippen molar-refractivity contribution in [2.75, 3.05) is 5.43 Å². The summed E-state index contributed by atoms with van der Waals surface area (Å²) in [7, 11) is 0. The van der Waals surface area contributed by atoms with E-state index in [1.165, 1.54) is 6.42 Å². The molecule has 2 bridgehead atoms. The highest BCUT2D eigenvalue weighted by molar-refractivity contribution is 5.62. The van der Waals surface area contributed by atoms with E-state index in [-0.39, 0.29) is 6.10 Å². The van der Waals surface area contributed by atoms with Crippen LogP contribution in [0.1, 0.15) is 31.0 Å². The summed E-state index contributed by atoms with van der Waals surface area (Å²) in [5, 5.41) is 0. The number of hydrogen-bond acceptors (Lipinski definition) is 5. The summed E-state index contributed by atoms with van der Waals surface area (Å²) in [5.74, 6) is 7.36. The van der Waals surface area contributed by atoms with Crippen LogP contribution in [0, 0.1) is 0 Å². The van der Waals surface area contributed by atoms with Gasteiger partial charge in [0.25, 0.3) is 0 Å². The minimum atomic E-state index is 0.270. The molecule has 3 heterocycles. The van der Waals surface area contributed by atoms with Crippen molar-refractivity contribution in [2.45, 2.75) is 37.4 Å². The Kier molecular flexibility index (Phi) is 3.09. The molecule has 3 unspecified atom stereocenters. The van der Waals surface area contributed by atoms with Gasteiger partial charge in [-0.2, -0.15) is 0 Å². The molecule has 2 aliphatic heterocycles. The number of nitrogens with two attached hydrogens (primary N) is 1. The topological polar surface area (TPSA) is 73.1 Å². The molecule has 3 N–H and O–H groups in total. The maximum absolute atomic E-state index is 5.93. The molecule has 4 rings (SSSR count). The third-order valence-corrected chi connectivity index (χ3v) is 4.40. The van der Waals surface area contributed by atoms with Crippen LogP contribution in [-0.2, 0) is 4.74 Å². The van der Waals surface area contributed by atoms with E-state index in [2.05, 4.69) is 10.4 Å². The molecule has 3 atom stereocenters. The van der Waals surface area contributed by atoms with Gasteiger partial charge in [0.2, 0.25) is 0 Å². The molecule has 2 saturated heterocycles. The summed E-state index contributed by atoms with van der Waals surface area (Å²) in [6.07, 6.45) is 3.96. The van der Waals surface area contributed by atoms with Crippen molar-refractivity contribution in [3.63, 3.8) is 0 Å². The van der Waals surface area contributed by atoms with Crippen LogP contribution in [0.4, 0.5) is 5.82 Å². The lowest BCUT2D eigenvalue weighted by Crippen LogP contribution is -2.19. The third-order valence-electron chi connectivity index (χ3n) is 4.40. The van der Waals surface area contributed by atoms with E-state index in [1.54, 1.807) is 0 Å². The fourth-order valence-electron chi connectivity index (χ4n) is 3.37. The second kappa shape index (κ2) is 5.09. The van der Waals surface area contributed by atoms with Gasteiger partial charge >= 0.3 is 0 Å². The van der Waals surface area contributed by atoms with E-state index in [0.29, 0.717) is 17.8 Å². The Morgan fingerprint density at radius 1 is 1.14 bits per heavy atom. The molecule has 5 nitrogen and oxygen atoms in total. The van der Waals surface area contributed by atoms with E-state index in [4.69, 9.17) is 15.6 Å². The van der Waals surface area contributed by atoms with Crippen LogP contribution in [0.3, 0.4) is 0 Å². The van der Waals surface area contributed by atoms with Gasteiger partial charge in [-0.1, -0.05) is 30.3 Å². The van der Waals surface area contributed by atoms with Crippen LogP contribution in [0.15, 0.2) is 36.4 Å². The van der Waals surface area contributed by atoms with Gasteiger partial charge < -0.3 is 10.2 Å². The van der Waals surface area contributed by atoms with Gasteiger partial charge in [0.15, 0.2) is 0 Å². The molecule has 0 aliphatic carbocycles. The fraction of sp³-hybridized carbons (Fsp3) is 0.375. The number of aromatic nitrogens is 2. The number of rotatable bonds is 3. The van der Waals surface area contributed by atoms with Gasteiger partial charge in [0.1, 0.15) is 11.6 Å². The minimum absolute atomic E-state index is 0.270. The number of anilines is 1. The van der Waals surface area contributed by atoms with Crippen molar-refractivity contribution < 1.29 is 4.74 Å². The van der Waals surface area contributed by atoms with Crippen LogP contribution in [-0.4, -0.2) is 22.2 Å². The zero-order valence-electron chi connectivity index (χ0n) is 11.7. The standard InChI is InChI=1S/C16H18N4O/c17-20-15-9-13(10-4-2-1-3-5-10)18-16(19-15)12-8-11-6-7-14(12)21-11/h1-5,9,11-12,14H,6-8,17H2,(H,18,19,20). The Labute approximate surface area is 123 Å². The number of nitrogen functional groups attached to an aromatic ring is 1. The lowest BCUT2D eigenvalue weighted by atomic mass is 9.88. The second-order valence-electron chi connectivity index (χ2n) is 5.72. The van der Waals surface area contributed by atoms with E-state index < -0.39 is 0 Å². The monoisotopic (exact) mass is 282 g/mol. The van der Waals surface area contributed by atoms with Crippen molar-refractivity contribution in [3.05, 3.63) is 42.2 Å².